The first kappa shape index (κ1) is 26.8. The third kappa shape index (κ3) is 4.98. The first-order valence-electron chi connectivity index (χ1n) is 13.6. The Morgan fingerprint density at radius 3 is 2.61 bits per heavy atom. The summed E-state index contributed by atoms with van der Waals surface area (Å²) in [4.78, 5) is 39.1. The van der Waals surface area contributed by atoms with Crippen LogP contribution in [-0.2, 0) is 27.6 Å². The van der Waals surface area contributed by atoms with Crippen molar-refractivity contribution in [3.8, 4) is 0 Å². The highest BCUT2D eigenvalue weighted by atomic mass is 16.7. The van der Waals surface area contributed by atoms with Crippen LogP contribution < -0.4 is 10.6 Å². The van der Waals surface area contributed by atoms with Gasteiger partial charge in [-0.3, -0.25) is 14.6 Å². The summed E-state index contributed by atoms with van der Waals surface area (Å²) >= 11 is 0. The Morgan fingerprint density at radius 2 is 1.97 bits per heavy atom. The molecule has 2 aromatic rings. The molecule has 1 saturated heterocycles. The van der Waals surface area contributed by atoms with Crippen LogP contribution in [0.25, 0.3) is 0 Å². The second-order valence-electron chi connectivity index (χ2n) is 12.4. The second-order valence-corrected chi connectivity index (χ2v) is 12.4. The molecular weight excluding hydrogens is 483 g/mol. The van der Waals surface area contributed by atoms with Crippen molar-refractivity contribution >= 4 is 18.9 Å². The highest BCUT2D eigenvalue weighted by Gasteiger charge is 2.67. The second kappa shape index (κ2) is 10.1. The Balaban J connectivity index is 1.34. The number of carbonyl (C=O) groups excluding carboxylic acids is 2. The lowest BCUT2D eigenvalue weighted by molar-refractivity contribution is -0.185. The maximum absolute atomic E-state index is 13.8. The van der Waals surface area contributed by atoms with Crippen LogP contribution in [0.3, 0.4) is 0 Å². The van der Waals surface area contributed by atoms with E-state index in [4.69, 9.17) is 9.31 Å². The van der Waals surface area contributed by atoms with E-state index in [0.717, 1.165) is 6.42 Å². The number of hydrogen-bond acceptors (Lipinski definition) is 7. The van der Waals surface area contributed by atoms with Crippen LogP contribution in [0.2, 0.25) is 0 Å². The molecule has 2 aromatic heterocycles. The number of amides is 2. The quantitative estimate of drug-likeness (QED) is 0.485. The summed E-state index contributed by atoms with van der Waals surface area (Å²) in [5, 5.41) is 6.02. The maximum Gasteiger partial charge on any atom is 0.481 e. The van der Waals surface area contributed by atoms with Crippen molar-refractivity contribution < 1.29 is 18.9 Å². The van der Waals surface area contributed by atoms with Gasteiger partial charge in [0.2, 0.25) is 5.91 Å². The zero-order chi connectivity index (χ0) is 27.2. The molecule has 4 aliphatic rings. The summed E-state index contributed by atoms with van der Waals surface area (Å²) in [7, 11) is 1.31. The molecule has 0 aromatic carbocycles. The maximum atomic E-state index is 13.8. The van der Waals surface area contributed by atoms with E-state index in [1.807, 2.05) is 17.8 Å². The molecule has 6 rings (SSSR count). The highest BCUT2D eigenvalue weighted by molar-refractivity contribution is 6.48. The number of aryl methyl sites for hydroxylation is 1. The van der Waals surface area contributed by atoms with E-state index in [-0.39, 0.29) is 41.1 Å². The van der Waals surface area contributed by atoms with Gasteiger partial charge in [0, 0.05) is 38.3 Å². The molecule has 4 fully saturated rings. The van der Waals surface area contributed by atoms with Crippen LogP contribution in [0.4, 0.5) is 0 Å². The minimum absolute atomic E-state index is 0.0128. The van der Waals surface area contributed by atoms with Crippen LogP contribution in [0.5, 0.6) is 0 Å². The monoisotopic (exact) mass is 522 g/mol. The van der Waals surface area contributed by atoms with Crippen LogP contribution in [0, 0.1) is 23.2 Å². The summed E-state index contributed by atoms with van der Waals surface area (Å²) in [6, 6.07) is -0.869. The molecule has 0 spiro atoms. The van der Waals surface area contributed by atoms with E-state index in [1.54, 1.807) is 6.20 Å². The van der Waals surface area contributed by atoms with Crippen molar-refractivity contribution in [2.45, 2.75) is 84.0 Å². The number of nitrogens with zero attached hydrogens (tertiary/aromatic N) is 4. The third-order valence-electron chi connectivity index (χ3n) is 8.94. The fraction of sp³-hybridized carbons (Fsp3) is 0.667. The minimum atomic E-state index is -0.869. The van der Waals surface area contributed by atoms with Crippen LogP contribution in [0.1, 0.15) is 70.2 Å². The van der Waals surface area contributed by atoms with Gasteiger partial charge in [-0.25, -0.2) is 9.97 Å². The van der Waals surface area contributed by atoms with E-state index < -0.39 is 19.1 Å². The lowest BCUT2D eigenvalue weighted by atomic mass is 9.45. The standard InChI is InChI=1S/C27H39BN6O4/c1-16(2)11-21(28-37-23-18-12-17(26(18,3)4)14-27(23,5)38-28)33-24(35)19(13-22-31-9-10-34(22)6)32-25(36)20-15-29-7-8-30-20/h7-10,15-19,21,23H,11-14H2,1-6H3,(H,32,36)(H,33,35)/t17-,18+,19?,21?,23+,27-/m0/s1. The van der Waals surface area contributed by atoms with Gasteiger partial charge >= 0.3 is 7.12 Å². The zero-order valence-electron chi connectivity index (χ0n) is 23.2. The van der Waals surface area contributed by atoms with E-state index >= 15 is 0 Å². The third-order valence-corrected chi connectivity index (χ3v) is 8.94. The average molecular weight is 522 g/mol. The van der Waals surface area contributed by atoms with Crippen molar-refractivity contribution in [1.82, 2.24) is 30.2 Å². The molecule has 38 heavy (non-hydrogen) atoms. The summed E-state index contributed by atoms with van der Waals surface area (Å²) in [6.45, 7) is 11.1. The predicted molar refractivity (Wildman–Crippen MR) is 142 cm³/mol. The average Bonchev–Trinajstić information content (AvgIpc) is 3.45. The molecule has 2 amide bonds. The Morgan fingerprint density at radius 1 is 1.18 bits per heavy atom. The lowest BCUT2D eigenvalue weighted by Crippen LogP contribution is -2.63. The number of carbonyl (C=O) groups is 2. The van der Waals surface area contributed by atoms with Crippen LogP contribution in [-0.4, -0.2) is 62.1 Å². The van der Waals surface area contributed by atoms with Gasteiger partial charge in [0.25, 0.3) is 5.91 Å². The van der Waals surface area contributed by atoms with Gasteiger partial charge in [-0.15, -0.1) is 0 Å². The number of hydrogen-bond donors (Lipinski definition) is 2. The first-order valence-corrected chi connectivity index (χ1v) is 13.6. The van der Waals surface area contributed by atoms with Crippen molar-refractivity contribution in [2.75, 3.05) is 0 Å². The van der Waals surface area contributed by atoms with Crippen molar-refractivity contribution in [2.24, 2.45) is 30.2 Å². The Kier molecular flexibility index (Phi) is 7.11. The normalized spacial score (nSPS) is 28.8. The molecular formula is C27H39BN6O4. The van der Waals surface area contributed by atoms with Gasteiger partial charge in [0.15, 0.2) is 0 Å². The van der Waals surface area contributed by atoms with Crippen LogP contribution in [0.15, 0.2) is 31.0 Å². The molecule has 6 atom stereocenters. The Labute approximate surface area is 224 Å². The molecule has 3 aliphatic carbocycles. The lowest BCUT2D eigenvalue weighted by Gasteiger charge is -2.63. The number of nitrogens with one attached hydrogen (secondary N) is 2. The number of aromatic nitrogens is 4. The van der Waals surface area contributed by atoms with Gasteiger partial charge in [-0.1, -0.05) is 27.7 Å². The van der Waals surface area contributed by atoms with E-state index in [1.165, 1.54) is 25.0 Å². The van der Waals surface area contributed by atoms with E-state index in [9.17, 15) is 9.59 Å². The fourth-order valence-corrected chi connectivity index (χ4v) is 6.58. The smallest absolute Gasteiger partial charge is 0.404 e. The summed E-state index contributed by atoms with van der Waals surface area (Å²) in [5.74, 6) is 0.924. The predicted octanol–water partition coefficient (Wildman–Crippen LogP) is 2.35. The van der Waals surface area contributed by atoms with Crippen molar-refractivity contribution in [3.63, 3.8) is 0 Å². The molecule has 11 heteroatoms. The molecule has 0 radical (unpaired) electrons. The Hall–Kier alpha value is -2.79. The largest absolute Gasteiger partial charge is 0.481 e. The van der Waals surface area contributed by atoms with E-state index in [2.05, 4.69) is 60.2 Å². The van der Waals surface area contributed by atoms with Crippen molar-refractivity contribution in [3.05, 3.63) is 42.5 Å². The summed E-state index contributed by atoms with van der Waals surface area (Å²) < 4.78 is 15.1. The molecule has 3 heterocycles. The molecule has 204 valence electrons. The topological polar surface area (TPSA) is 120 Å². The summed E-state index contributed by atoms with van der Waals surface area (Å²) in [6.07, 6.45) is 10.9. The first-order chi connectivity index (χ1) is 18.0. The molecule has 2 N–H and O–H groups in total. The van der Waals surface area contributed by atoms with Gasteiger partial charge in [-0.05, 0) is 49.4 Å². The van der Waals surface area contributed by atoms with Gasteiger partial charge in [0.05, 0.1) is 23.8 Å². The number of imidazole rings is 1. The molecule has 10 nitrogen and oxygen atoms in total. The number of rotatable bonds is 9. The summed E-state index contributed by atoms with van der Waals surface area (Å²) in [5.41, 5.74) is 0.0435. The molecule has 3 saturated carbocycles. The van der Waals surface area contributed by atoms with Crippen molar-refractivity contribution in [1.29, 1.82) is 0 Å². The highest BCUT2D eigenvalue weighted by Crippen LogP contribution is 2.64. The Bertz CT molecular complexity index is 1170. The fourth-order valence-electron chi connectivity index (χ4n) is 6.58. The van der Waals surface area contributed by atoms with Gasteiger partial charge < -0.3 is 24.5 Å². The molecule has 2 bridgehead atoms. The SMILES string of the molecule is CC(C)CC(NC(=O)C(Cc1nccn1C)NC(=O)c1cnccn1)B1O[C@@H]2[C@H]3C[C@@H](C[C@]2(C)O1)C3(C)C. The molecule has 1 aliphatic heterocycles. The van der Waals surface area contributed by atoms with Gasteiger partial charge in [-0.2, -0.15) is 0 Å². The zero-order valence-corrected chi connectivity index (χ0v) is 23.2. The van der Waals surface area contributed by atoms with E-state index in [0.29, 0.717) is 30.0 Å². The van der Waals surface area contributed by atoms with Crippen LogP contribution >= 0.6 is 0 Å². The minimum Gasteiger partial charge on any atom is -0.404 e. The van der Waals surface area contributed by atoms with Gasteiger partial charge in [0.1, 0.15) is 17.6 Å². The molecule has 2 unspecified atom stereocenters.